The molecule has 1 unspecified atom stereocenters. The highest BCUT2D eigenvalue weighted by molar-refractivity contribution is 5.80. The summed E-state index contributed by atoms with van der Waals surface area (Å²) in [5, 5.41) is 3.39. The quantitative estimate of drug-likeness (QED) is 0.444. The van der Waals surface area contributed by atoms with Crippen molar-refractivity contribution in [3.63, 3.8) is 0 Å². The first-order chi connectivity index (χ1) is 9.91. The highest BCUT2D eigenvalue weighted by Crippen LogP contribution is 2.14. The maximum atomic E-state index is 12.3. The standard InChI is InChI=1S/C17H36N2O2/c1-7-10-11-13-19(15(4)5)14-17(6,18-12-8-2)16(20)21-9-3/h15,18H,7-14H2,1-6H3. The van der Waals surface area contributed by atoms with Gasteiger partial charge < -0.3 is 10.1 Å². The average molecular weight is 300 g/mol. The van der Waals surface area contributed by atoms with E-state index in [2.05, 4.69) is 37.9 Å². The molecular formula is C17H36N2O2. The second-order valence-electron chi connectivity index (χ2n) is 6.25. The number of hydrogen-bond acceptors (Lipinski definition) is 4. The molecule has 0 aromatic heterocycles. The van der Waals surface area contributed by atoms with Crippen molar-refractivity contribution in [3.8, 4) is 0 Å². The molecule has 21 heavy (non-hydrogen) atoms. The Morgan fingerprint density at radius 3 is 2.33 bits per heavy atom. The summed E-state index contributed by atoms with van der Waals surface area (Å²) in [6, 6.07) is 0.430. The van der Waals surface area contributed by atoms with Crippen molar-refractivity contribution in [2.45, 2.75) is 78.8 Å². The van der Waals surface area contributed by atoms with Crippen molar-refractivity contribution >= 4 is 5.97 Å². The average Bonchev–Trinajstić information content (AvgIpc) is 2.44. The zero-order valence-corrected chi connectivity index (χ0v) is 15.0. The van der Waals surface area contributed by atoms with Crippen LogP contribution < -0.4 is 5.32 Å². The zero-order valence-electron chi connectivity index (χ0n) is 15.0. The molecule has 0 aromatic carbocycles. The fourth-order valence-corrected chi connectivity index (χ4v) is 2.37. The fraction of sp³-hybridized carbons (Fsp3) is 0.941. The highest BCUT2D eigenvalue weighted by Gasteiger charge is 2.36. The van der Waals surface area contributed by atoms with Crippen LogP contribution in [0.15, 0.2) is 0 Å². The van der Waals surface area contributed by atoms with E-state index in [1.807, 2.05) is 13.8 Å². The summed E-state index contributed by atoms with van der Waals surface area (Å²) in [5.41, 5.74) is -0.623. The molecule has 1 atom stereocenters. The molecule has 4 heteroatoms. The molecule has 0 heterocycles. The molecule has 0 aliphatic heterocycles. The van der Waals surface area contributed by atoms with Gasteiger partial charge >= 0.3 is 5.97 Å². The molecule has 0 spiro atoms. The SMILES string of the molecule is CCCCCN(CC(C)(NCCC)C(=O)OCC)C(C)C. The van der Waals surface area contributed by atoms with E-state index in [1.165, 1.54) is 19.3 Å². The summed E-state index contributed by atoms with van der Waals surface area (Å²) in [7, 11) is 0. The highest BCUT2D eigenvalue weighted by atomic mass is 16.5. The van der Waals surface area contributed by atoms with Gasteiger partial charge in [0.15, 0.2) is 0 Å². The number of hydrogen-bond donors (Lipinski definition) is 1. The van der Waals surface area contributed by atoms with Gasteiger partial charge in [0.1, 0.15) is 5.54 Å². The number of rotatable bonds is 12. The van der Waals surface area contributed by atoms with Crippen molar-refractivity contribution in [1.29, 1.82) is 0 Å². The Balaban J connectivity index is 4.82. The fourth-order valence-electron chi connectivity index (χ4n) is 2.37. The Kier molecular flexibility index (Phi) is 10.7. The Morgan fingerprint density at radius 1 is 1.19 bits per heavy atom. The Bertz CT molecular complexity index is 282. The molecule has 0 aromatic rings. The lowest BCUT2D eigenvalue weighted by Crippen LogP contribution is -2.59. The lowest BCUT2D eigenvalue weighted by molar-refractivity contribution is -0.151. The van der Waals surface area contributed by atoms with Crippen molar-refractivity contribution < 1.29 is 9.53 Å². The van der Waals surface area contributed by atoms with Crippen LogP contribution in [0.25, 0.3) is 0 Å². The van der Waals surface area contributed by atoms with E-state index in [0.29, 0.717) is 19.2 Å². The second kappa shape index (κ2) is 11.0. The lowest BCUT2D eigenvalue weighted by atomic mass is 10.00. The van der Waals surface area contributed by atoms with E-state index in [1.54, 1.807) is 0 Å². The van der Waals surface area contributed by atoms with Gasteiger partial charge in [0, 0.05) is 12.6 Å². The van der Waals surface area contributed by atoms with Gasteiger partial charge in [0.25, 0.3) is 0 Å². The molecule has 0 fully saturated rings. The van der Waals surface area contributed by atoms with Crippen LogP contribution in [0.4, 0.5) is 0 Å². The van der Waals surface area contributed by atoms with E-state index >= 15 is 0 Å². The van der Waals surface area contributed by atoms with Crippen LogP contribution in [0, 0.1) is 0 Å². The zero-order chi connectivity index (χ0) is 16.3. The van der Waals surface area contributed by atoms with Crippen molar-refractivity contribution in [2.75, 3.05) is 26.2 Å². The summed E-state index contributed by atoms with van der Waals surface area (Å²) < 4.78 is 5.28. The molecule has 0 aliphatic rings. The molecule has 0 amide bonds. The van der Waals surface area contributed by atoms with Gasteiger partial charge in [-0.05, 0) is 53.6 Å². The summed E-state index contributed by atoms with van der Waals surface area (Å²) >= 11 is 0. The number of nitrogens with one attached hydrogen (secondary N) is 1. The molecule has 0 rings (SSSR count). The second-order valence-corrected chi connectivity index (χ2v) is 6.25. The molecule has 4 nitrogen and oxygen atoms in total. The van der Waals surface area contributed by atoms with Gasteiger partial charge in [0.2, 0.25) is 0 Å². The minimum Gasteiger partial charge on any atom is -0.465 e. The lowest BCUT2D eigenvalue weighted by Gasteiger charge is -2.36. The van der Waals surface area contributed by atoms with E-state index in [-0.39, 0.29) is 5.97 Å². The third-order valence-electron chi connectivity index (χ3n) is 3.79. The monoisotopic (exact) mass is 300 g/mol. The van der Waals surface area contributed by atoms with Gasteiger partial charge in [-0.3, -0.25) is 9.69 Å². The Labute approximate surface area is 131 Å². The molecule has 0 saturated heterocycles. The van der Waals surface area contributed by atoms with Gasteiger partial charge in [-0.25, -0.2) is 0 Å². The molecule has 0 saturated carbocycles. The van der Waals surface area contributed by atoms with Gasteiger partial charge in [0.05, 0.1) is 6.61 Å². The molecule has 0 aliphatic carbocycles. The van der Waals surface area contributed by atoms with E-state index in [9.17, 15) is 4.79 Å². The summed E-state index contributed by atoms with van der Waals surface area (Å²) in [6.07, 6.45) is 4.64. The number of unbranched alkanes of at least 4 members (excludes halogenated alkanes) is 2. The van der Waals surface area contributed by atoms with Gasteiger partial charge in [-0.15, -0.1) is 0 Å². The molecule has 126 valence electrons. The van der Waals surface area contributed by atoms with Crippen molar-refractivity contribution in [1.82, 2.24) is 10.2 Å². The minimum atomic E-state index is -0.623. The van der Waals surface area contributed by atoms with Gasteiger partial charge in [-0.1, -0.05) is 26.7 Å². The van der Waals surface area contributed by atoms with E-state index < -0.39 is 5.54 Å². The molecular weight excluding hydrogens is 264 g/mol. The Morgan fingerprint density at radius 2 is 1.86 bits per heavy atom. The summed E-state index contributed by atoms with van der Waals surface area (Å²) in [5.74, 6) is -0.139. The van der Waals surface area contributed by atoms with Crippen LogP contribution in [-0.2, 0) is 9.53 Å². The third kappa shape index (κ3) is 7.82. The smallest absolute Gasteiger partial charge is 0.327 e. The predicted molar refractivity (Wildman–Crippen MR) is 89.6 cm³/mol. The van der Waals surface area contributed by atoms with Crippen LogP contribution in [0.3, 0.4) is 0 Å². The number of carbonyl (C=O) groups is 1. The molecule has 1 N–H and O–H groups in total. The summed E-state index contributed by atoms with van der Waals surface area (Å²) in [4.78, 5) is 14.7. The van der Waals surface area contributed by atoms with Crippen LogP contribution in [0.5, 0.6) is 0 Å². The summed E-state index contributed by atoms with van der Waals surface area (Å²) in [6.45, 7) is 15.5. The van der Waals surface area contributed by atoms with Crippen LogP contribution in [-0.4, -0.2) is 48.7 Å². The molecule has 0 bridgehead atoms. The van der Waals surface area contributed by atoms with Crippen molar-refractivity contribution in [3.05, 3.63) is 0 Å². The van der Waals surface area contributed by atoms with Gasteiger partial charge in [-0.2, -0.15) is 0 Å². The van der Waals surface area contributed by atoms with E-state index in [4.69, 9.17) is 4.74 Å². The Hall–Kier alpha value is -0.610. The number of ether oxygens (including phenoxy) is 1. The first-order valence-electron chi connectivity index (χ1n) is 8.57. The van der Waals surface area contributed by atoms with Crippen LogP contribution >= 0.6 is 0 Å². The first-order valence-corrected chi connectivity index (χ1v) is 8.57. The molecule has 0 radical (unpaired) electrons. The maximum Gasteiger partial charge on any atom is 0.327 e. The topological polar surface area (TPSA) is 41.6 Å². The van der Waals surface area contributed by atoms with Crippen LogP contribution in [0.2, 0.25) is 0 Å². The minimum absolute atomic E-state index is 0.139. The largest absolute Gasteiger partial charge is 0.465 e. The number of carbonyl (C=O) groups excluding carboxylic acids is 1. The normalized spacial score (nSPS) is 14.5. The van der Waals surface area contributed by atoms with Crippen molar-refractivity contribution in [2.24, 2.45) is 0 Å². The predicted octanol–water partition coefficient (Wildman–Crippen LogP) is 3.21. The number of nitrogens with zero attached hydrogens (tertiary/aromatic N) is 1. The maximum absolute atomic E-state index is 12.3. The number of esters is 1. The third-order valence-corrected chi connectivity index (χ3v) is 3.79. The van der Waals surface area contributed by atoms with E-state index in [0.717, 1.165) is 19.5 Å². The first kappa shape index (κ1) is 20.4. The van der Waals surface area contributed by atoms with Crippen LogP contribution in [0.1, 0.15) is 67.2 Å².